The minimum atomic E-state index is 0.217. The zero-order valence-electron chi connectivity index (χ0n) is 9.62. The molecule has 0 saturated heterocycles. The van der Waals surface area contributed by atoms with Crippen LogP contribution >= 0.6 is 11.3 Å². The highest BCUT2D eigenvalue weighted by molar-refractivity contribution is 7.13. The molecular weight excluding hydrogens is 210 g/mol. The first kappa shape index (κ1) is 12.4. The average Bonchev–Trinajstić information content (AvgIpc) is 2.66. The molecule has 1 N–H and O–H groups in total. The third-order valence-corrected chi connectivity index (χ3v) is 2.84. The maximum absolute atomic E-state index is 5.57. The number of hydrogen-bond donors (Lipinski definition) is 1. The largest absolute Gasteiger partial charge is 0.466 e. The highest BCUT2D eigenvalue weighted by Crippen LogP contribution is 2.19. The molecule has 0 aliphatic rings. The summed E-state index contributed by atoms with van der Waals surface area (Å²) in [6.07, 6.45) is 2.34. The Morgan fingerprint density at radius 2 is 2.20 bits per heavy atom. The molecular formula is C10H19N3OS. The lowest BCUT2D eigenvalue weighted by Gasteiger charge is -2.07. The third-order valence-electron chi connectivity index (χ3n) is 2.03. The van der Waals surface area contributed by atoms with Crippen LogP contribution in [0, 0.1) is 0 Å². The van der Waals surface area contributed by atoms with Crippen molar-refractivity contribution < 1.29 is 4.74 Å². The van der Waals surface area contributed by atoms with E-state index in [0.29, 0.717) is 5.19 Å². The summed E-state index contributed by atoms with van der Waals surface area (Å²) in [5, 5.41) is 13.0. The lowest BCUT2D eigenvalue weighted by molar-refractivity contribution is 0.215. The van der Waals surface area contributed by atoms with Gasteiger partial charge in [0, 0.05) is 6.54 Å². The fourth-order valence-corrected chi connectivity index (χ4v) is 1.74. The molecule has 5 heteroatoms. The van der Waals surface area contributed by atoms with Crippen molar-refractivity contribution in [2.24, 2.45) is 0 Å². The van der Waals surface area contributed by atoms with Gasteiger partial charge in [-0.3, -0.25) is 0 Å². The highest BCUT2D eigenvalue weighted by atomic mass is 32.1. The van der Waals surface area contributed by atoms with Crippen molar-refractivity contribution in [3.63, 3.8) is 0 Å². The zero-order valence-corrected chi connectivity index (χ0v) is 10.4. The van der Waals surface area contributed by atoms with E-state index in [1.807, 2.05) is 6.92 Å². The fraction of sp³-hybridized carbons (Fsp3) is 0.800. The molecule has 0 amide bonds. The van der Waals surface area contributed by atoms with Gasteiger partial charge in [0.25, 0.3) is 5.19 Å². The van der Waals surface area contributed by atoms with Gasteiger partial charge in [0.15, 0.2) is 0 Å². The van der Waals surface area contributed by atoms with Gasteiger partial charge in [-0.1, -0.05) is 30.3 Å². The van der Waals surface area contributed by atoms with Gasteiger partial charge in [-0.05, 0) is 26.3 Å². The fourth-order valence-electron chi connectivity index (χ4n) is 0.985. The van der Waals surface area contributed by atoms with E-state index in [1.54, 1.807) is 0 Å². The summed E-state index contributed by atoms with van der Waals surface area (Å²) < 4.78 is 5.57. The molecule has 0 aliphatic heterocycles. The van der Waals surface area contributed by atoms with Gasteiger partial charge in [-0.15, -0.1) is 5.10 Å². The van der Waals surface area contributed by atoms with Crippen LogP contribution in [0.15, 0.2) is 0 Å². The first-order valence-electron chi connectivity index (χ1n) is 5.46. The van der Waals surface area contributed by atoms with Gasteiger partial charge in [0.2, 0.25) is 0 Å². The predicted octanol–water partition coefficient (Wildman–Crippen LogP) is 2.21. The van der Waals surface area contributed by atoms with Crippen molar-refractivity contribution in [3.8, 4) is 5.19 Å². The molecule has 0 fully saturated rings. The Balaban J connectivity index is 2.35. The normalized spacial score (nSPS) is 12.7. The average molecular weight is 229 g/mol. The first-order valence-corrected chi connectivity index (χ1v) is 6.27. The lowest BCUT2D eigenvalue weighted by Crippen LogP contribution is -2.13. The molecule has 0 spiro atoms. The number of ether oxygens (including phenoxy) is 1. The van der Waals surface area contributed by atoms with E-state index < -0.39 is 0 Å². The van der Waals surface area contributed by atoms with Crippen LogP contribution in [0.25, 0.3) is 0 Å². The summed E-state index contributed by atoms with van der Waals surface area (Å²) in [4.78, 5) is 0. The van der Waals surface area contributed by atoms with Gasteiger partial charge in [-0.25, -0.2) is 0 Å². The molecule has 1 unspecified atom stereocenters. The van der Waals surface area contributed by atoms with E-state index in [1.165, 1.54) is 11.3 Å². The van der Waals surface area contributed by atoms with Crippen molar-refractivity contribution in [3.05, 3.63) is 5.01 Å². The maximum atomic E-state index is 5.57. The Hall–Kier alpha value is -0.680. The maximum Gasteiger partial charge on any atom is 0.294 e. The van der Waals surface area contributed by atoms with Gasteiger partial charge in [0.05, 0.1) is 6.10 Å². The molecule has 86 valence electrons. The van der Waals surface area contributed by atoms with Crippen LogP contribution in [0.4, 0.5) is 0 Å². The molecule has 0 aliphatic carbocycles. The minimum Gasteiger partial charge on any atom is -0.466 e. The second-order valence-corrected chi connectivity index (χ2v) is 4.50. The van der Waals surface area contributed by atoms with E-state index in [-0.39, 0.29) is 6.10 Å². The first-order chi connectivity index (χ1) is 7.26. The van der Waals surface area contributed by atoms with Crippen molar-refractivity contribution >= 4 is 11.3 Å². The summed E-state index contributed by atoms with van der Waals surface area (Å²) >= 11 is 1.52. The monoisotopic (exact) mass is 229 g/mol. The Bertz CT molecular complexity index is 277. The number of aromatic nitrogens is 2. The number of rotatable bonds is 7. The molecule has 1 heterocycles. The van der Waals surface area contributed by atoms with E-state index in [2.05, 4.69) is 29.4 Å². The molecule has 1 aromatic heterocycles. The summed E-state index contributed by atoms with van der Waals surface area (Å²) in [6, 6.07) is 0. The Labute approximate surface area is 95.1 Å². The summed E-state index contributed by atoms with van der Waals surface area (Å²) in [5.41, 5.74) is 0. The van der Waals surface area contributed by atoms with Crippen molar-refractivity contribution in [2.45, 2.75) is 46.3 Å². The standard InChI is InChI=1S/C10H19N3OS/c1-4-6-11-7-9-12-13-10(15-9)14-8(3)5-2/h8,11H,4-7H2,1-3H3. The van der Waals surface area contributed by atoms with E-state index in [9.17, 15) is 0 Å². The quantitative estimate of drug-likeness (QED) is 0.728. The van der Waals surface area contributed by atoms with Crippen molar-refractivity contribution in [2.75, 3.05) is 6.54 Å². The second-order valence-electron chi connectivity index (χ2n) is 3.48. The molecule has 1 atom stereocenters. The summed E-state index contributed by atoms with van der Waals surface area (Å²) in [7, 11) is 0. The topological polar surface area (TPSA) is 47.0 Å². The van der Waals surface area contributed by atoms with Gasteiger partial charge < -0.3 is 10.1 Å². The van der Waals surface area contributed by atoms with E-state index in [0.717, 1.165) is 30.9 Å². The van der Waals surface area contributed by atoms with Crippen LogP contribution < -0.4 is 10.1 Å². The molecule has 1 aromatic rings. The number of hydrogen-bond acceptors (Lipinski definition) is 5. The van der Waals surface area contributed by atoms with Crippen LogP contribution in [0.3, 0.4) is 0 Å². The minimum absolute atomic E-state index is 0.217. The van der Waals surface area contributed by atoms with Gasteiger partial charge >= 0.3 is 0 Å². The zero-order chi connectivity index (χ0) is 11.1. The van der Waals surface area contributed by atoms with Crippen LogP contribution in [0.1, 0.15) is 38.6 Å². The van der Waals surface area contributed by atoms with Crippen molar-refractivity contribution in [1.29, 1.82) is 0 Å². The third kappa shape index (κ3) is 4.57. The molecule has 0 bridgehead atoms. The Morgan fingerprint density at radius 3 is 2.87 bits per heavy atom. The second kappa shape index (κ2) is 6.74. The molecule has 1 rings (SSSR count). The summed E-state index contributed by atoms with van der Waals surface area (Å²) in [5.74, 6) is 0. The smallest absolute Gasteiger partial charge is 0.294 e. The van der Waals surface area contributed by atoms with Crippen LogP contribution in [-0.2, 0) is 6.54 Å². The number of nitrogens with zero attached hydrogens (tertiary/aromatic N) is 2. The lowest BCUT2D eigenvalue weighted by atomic mass is 10.3. The van der Waals surface area contributed by atoms with Crippen LogP contribution in [0.5, 0.6) is 5.19 Å². The Morgan fingerprint density at radius 1 is 1.40 bits per heavy atom. The molecule has 15 heavy (non-hydrogen) atoms. The molecule has 4 nitrogen and oxygen atoms in total. The highest BCUT2D eigenvalue weighted by Gasteiger charge is 2.07. The van der Waals surface area contributed by atoms with Crippen LogP contribution in [-0.4, -0.2) is 22.8 Å². The van der Waals surface area contributed by atoms with E-state index >= 15 is 0 Å². The molecule has 0 aromatic carbocycles. The predicted molar refractivity (Wildman–Crippen MR) is 62.3 cm³/mol. The number of nitrogens with one attached hydrogen (secondary N) is 1. The summed E-state index contributed by atoms with van der Waals surface area (Å²) in [6.45, 7) is 8.08. The Kier molecular flexibility index (Phi) is 5.57. The van der Waals surface area contributed by atoms with Gasteiger partial charge in [-0.2, -0.15) is 0 Å². The van der Waals surface area contributed by atoms with E-state index in [4.69, 9.17) is 4.74 Å². The molecule has 0 saturated carbocycles. The van der Waals surface area contributed by atoms with Gasteiger partial charge in [0.1, 0.15) is 5.01 Å². The molecule has 0 radical (unpaired) electrons. The van der Waals surface area contributed by atoms with Crippen molar-refractivity contribution in [1.82, 2.24) is 15.5 Å². The SMILES string of the molecule is CCCNCc1nnc(OC(C)CC)s1. The van der Waals surface area contributed by atoms with Crippen LogP contribution in [0.2, 0.25) is 0 Å².